The number of anilines is 2. The zero-order chi connectivity index (χ0) is 22.8. The summed E-state index contributed by atoms with van der Waals surface area (Å²) in [4.78, 5) is 31.6. The van der Waals surface area contributed by atoms with Gasteiger partial charge in [-0.05, 0) is 49.6 Å². The molecule has 0 saturated carbocycles. The van der Waals surface area contributed by atoms with Crippen LogP contribution in [0.15, 0.2) is 36.7 Å². The summed E-state index contributed by atoms with van der Waals surface area (Å²) in [5, 5.41) is 1.13. The highest BCUT2D eigenvalue weighted by Crippen LogP contribution is 2.33. The number of fused-ring (bicyclic) bond motifs is 1. The number of piperazine rings is 1. The van der Waals surface area contributed by atoms with Crippen molar-refractivity contribution in [2.24, 2.45) is 5.92 Å². The SMILES string of the molecule is CCc1cc2c(N3CCC[C@@H](C(=O)N4CCN(c5ccc(OC)cc5)CC4)C3)ncnc2s1. The van der Waals surface area contributed by atoms with Crippen LogP contribution >= 0.6 is 11.3 Å². The van der Waals surface area contributed by atoms with Gasteiger partial charge in [-0.1, -0.05) is 6.92 Å². The Morgan fingerprint density at radius 1 is 1.09 bits per heavy atom. The van der Waals surface area contributed by atoms with E-state index in [9.17, 15) is 4.79 Å². The lowest BCUT2D eigenvalue weighted by molar-refractivity contribution is -0.136. The zero-order valence-electron chi connectivity index (χ0n) is 19.4. The average molecular weight is 466 g/mol. The van der Waals surface area contributed by atoms with E-state index in [0.717, 1.165) is 80.3 Å². The van der Waals surface area contributed by atoms with Crippen LogP contribution in [-0.2, 0) is 11.2 Å². The number of carbonyl (C=O) groups is 1. The maximum Gasteiger partial charge on any atom is 0.227 e. The second-order valence-corrected chi connectivity index (χ2v) is 9.89. The maximum atomic E-state index is 13.4. The second-order valence-electron chi connectivity index (χ2n) is 8.78. The second kappa shape index (κ2) is 9.55. The van der Waals surface area contributed by atoms with E-state index in [0.29, 0.717) is 5.91 Å². The van der Waals surface area contributed by atoms with Crippen LogP contribution in [0.1, 0.15) is 24.6 Å². The number of hydrogen-bond donors (Lipinski definition) is 0. The van der Waals surface area contributed by atoms with Gasteiger partial charge in [-0.3, -0.25) is 4.79 Å². The lowest BCUT2D eigenvalue weighted by Gasteiger charge is -2.40. The Hall–Kier alpha value is -2.87. The fraction of sp³-hybridized carbons (Fsp3) is 0.480. The summed E-state index contributed by atoms with van der Waals surface area (Å²) in [5.41, 5.74) is 1.18. The Morgan fingerprint density at radius 2 is 1.88 bits per heavy atom. The largest absolute Gasteiger partial charge is 0.497 e. The lowest BCUT2D eigenvalue weighted by Crippen LogP contribution is -2.52. The van der Waals surface area contributed by atoms with E-state index in [1.807, 2.05) is 12.1 Å². The van der Waals surface area contributed by atoms with Gasteiger partial charge in [0.2, 0.25) is 5.91 Å². The van der Waals surface area contributed by atoms with E-state index in [1.54, 1.807) is 24.8 Å². The third-order valence-corrected chi connectivity index (χ3v) is 7.99. The Labute approximate surface area is 199 Å². The van der Waals surface area contributed by atoms with Crippen molar-refractivity contribution in [2.75, 3.05) is 56.2 Å². The first-order valence-electron chi connectivity index (χ1n) is 11.8. The van der Waals surface area contributed by atoms with Crippen LogP contribution in [0.2, 0.25) is 0 Å². The van der Waals surface area contributed by atoms with Gasteiger partial charge in [0.1, 0.15) is 22.7 Å². The van der Waals surface area contributed by atoms with Crippen LogP contribution in [0, 0.1) is 5.92 Å². The molecule has 2 aliphatic heterocycles. The monoisotopic (exact) mass is 465 g/mol. The molecule has 33 heavy (non-hydrogen) atoms. The molecule has 8 heteroatoms. The summed E-state index contributed by atoms with van der Waals surface area (Å²) < 4.78 is 5.26. The summed E-state index contributed by atoms with van der Waals surface area (Å²) >= 11 is 1.74. The topological polar surface area (TPSA) is 61.8 Å². The molecule has 0 radical (unpaired) electrons. The highest BCUT2D eigenvalue weighted by molar-refractivity contribution is 7.18. The van der Waals surface area contributed by atoms with Crippen molar-refractivity contribution in [1.82, 2.24) is 14.9 Å². The van der Waals surface area contributed by atoms with Gasteiger partial charge < -0.3 is 19.4 Å². The number of aromatic nitrogens is 2. The van der Waals surface area contributed by atoms with Crippen LogP contribution in [-0.4, -0.2) is 67.2 Å². The van der Waals surface area contributed by atoms with Gasteiger partial charge in [-0.25, -0.2) is 9.97 Å². The standard InChI is InChI=1S/C25H31N5O2S/c1-3-21-15-22-23(26-17-27-24(22)33-21)30-10-4-5-18(16-30)25(31)29-13-11-28(12-14-29)19-6-8-20(32-2)9-7-19/h6-9,15,17-18H,3-5,10-14,16H2,1-2H3/t18-/m1/s1. The van der Waals surface area contributed by atoms with E-state index in [1.165, 1.54) is 10.6 Å². The molecule has 2 saturated heterocycles. The lowest BCUT2D eigenvalue weighted by atomic mass is 9.96. The van der Waals surface area contributed by atoms with E-state index in [2.05, 4.69) is 49.8 Å². The number of nitrogens with zero attached hydrogens (tertiary/aromatic N) is 5. The van der Waals surface area contributed by atoms with Crippen LogP contribution in [0.3, 0.4) is 0 Å². The zero-order valence-corrected chi connectivity index (χ0v) is 20.2. The molecule has 174 valence electrons. The number of aryl methyl sites for hydroxylation is 1. The van der Waals surface area contributed by atoms with Gasteiger partial charge in [0, 0.05) is 49.8 Å². The third kappa shape index (κ3) is 4.49. The Kier molecular flexibility index (Phi) is 6.35. The molecule has 5 rings (SSSR count). The molecular weight excluding hydrogens is 434 g/mol. The van der Waals surface area contributed by atoms with Gasteiger partial charge in [0.05, 0.1) is 18.4 Å². The molecule has 1 atom stereocenters. The first-order chi connectivity index (χ1) is 16.2. The predicted octanol–water partition coefficient (Wildman–Crippen LogP) is 3.83. The highest BCUT2D eigenvalue weighted by atomic mass is 32.1. The van der Waals surface area contributed by atoms with Crippen molar-refractivity contribution in [3.05, 3.63) is 41.5 Å². The first-order valence-corrected chi connectivity index (χ1v) is 12.6. The van der Waals surface area contributed by atoms with Gasteiger partial charge in [0.25, 0.3) is 0 Å². The molecule has 4 heterocycles. The number of thiophene rings is 1. The van der Waals surface area contributed by atoms with Gasteiger partial charge in [0.15, 0.2) is 0 Å². The van der Waals surface area contributed by atoms with Gasteiger partial charge in [-0.15, -0.1) is 11.3 Å². The van der Waals surface area contributed by atoms with Crippen LogP contribution in [0.5, 0.6) is 5.75 Å². The molecule has 0 unspecified atom stereocenters. The number of methoxy groups -OCH3 is 1. The van der Waals surface area contributed by atoms with Crippen molar-refractivity contribution < 1.29 is 9.53 Å². The molecule has 2 aromatic heterocycles. The molecule has 1 aromatic carbocycles. The first kappa shape index (κ1) is 21.9. The van der Waals surface area contributed by atoms with Crippen molar-refractivity contribution in [3.8, 4) is 5.75 Å². The number of piperidine rings is 1. The summed E-state index contributed by atoms with van der Waals surface area (Å²) in [5.74, 6) is 2.17. The van der Waals surface area contributed by atoms with E-state index < -0.39 is 0 Å². The summed E-state index contributed by atoms with van der Waals surface area (Å²) in [6, 6.07) is 10.4. The quantitative estimate of drug-likeness (QED) is 0.571. The van der Waals surface area contributed by atoms with Gasteiger partial charge >= 0.3 is 0 Å². The normalized spacial score (nSPS) is 19.2. The van der Waals surface area contributed by atoms with Crippen LogP contribution in [0.25, 0.3) is 10.2 Å². The Morgan fingerprint density at radius 3 is 2.61 bits per heavy atom. The third-order valence-electron chi connectivity index (χ3n) is 6.81. The molecule has 3 aromatic rings. The van der Waals surface area contributed by atoms with E-state index >= 15 is 0 Å². The summed E-state index contributed by atoms with van der Waals surface area (Å²) in [6.07, 6.45) is 4.63. The molecule has 2 fully saturated rings. The van der Waals surface area contributed by atoms with Crippen molar-refractivity contribution in [1.29, 1.82) is 0 Å². The van der Waals surface area contributed by atoms with E-state index in [4.69, 9.17) is 4.74 Å². The van der Waals surface area contributed by atoms with Crippen LogP contribution < -0.4 is 14.5 Å². The van der Waals surface area contributed by atoms with Crippen molar-refractivity contribution in [3.63, 3.8) is 0 Å². The Bertz CT molecular complexity index is 1110. The minimum Gasteiger partial charge on any atom is -0.497 e. The Balaban J connectivity index is 1.23. The van der Waals surface area contributed by atoms with Gasteiger partial charge in [-0.2, -0.15) is 0 Å². The maximum absolute atomic E-state index is 13.4. The number of benzene rings is 1. The molecule has 7 nitrogen and oxygen atoms in total. The highest BCUT2D eigenvalue weighted by Gasteiger charge is 2.32. The molecule has 0 aliphatic carbocycles. The molecular formula is C25H31N5O2S. The minimum absolute atomic E-state index is 0.0283. The molecule has 1 amide bonds. The summed E-state index contributed by atoms with van der Waals surface area (Å²) in [7, 11) is 1.68. The minimum atomic E-state index is 0.0283. The fourth-order valence-corrected chi connectivity index (χ4v) is 5.86. The number of amides is 1. The number of carbonyl (C=O) groups excluding carboxylic acids is 1. The average Bonchev–Trinajstić information content (AvgIpc) is 3.32. The van der Waals surface area contributed by atoms with Crippen molar-refractivity contribution >= 4 is 39.0 Å². The molecule has 0 N–H and O–H groups in total. The number of hydrogen-bond acceptors (Lipinski definition) is 7. The molecule has 0 spiro atoms. The van der Waals surface area contributed by atoms with Crippen LogP contribution in [0.4, 0.5) is 11.5 Å². The number of ether oxygens (including phenoxy) is 1. The molecule has 0 bridgehead atoms. The fourth-order valence-electron chi connectivity index (χ4n) is 4.93. The smallest absolute Gasteiger partial charge is 0.227 e. The predicted molar refractivity (Wildman–Crippen MR) is 134 cm³/mol. The number of rotatable bonds is 5. The summed E-state index contributed by atoms with van der Waals surface area (Å²) in [6.45, 7) is 7.10. The van der Waals surface area contributed by atoms with Crippen molar-refractivity contribution in [2.45, 2.75) is 26.2 Å². The van der Waals surface area contributed by atoms with E-state index in [-0.39, 0.29) is 5.92 Å². The molecule has 2 aliphatic rings.